The van der Waals surface area contributed by atoms with Crippen LogP contribution in [-0.2, 0) is 15.9 Å². The molecule has 0 amide bonds. The molecule has 0 saturated carbocycles. The predicted octanol–water partition coefficient (Wildman–Crippen LogP) is 3.77. The zero-order chi connectivity index (χ0) is 15.8. The van der Waals surface area contributed by atoms with E-state index in [-0.39, 0.29) is 10.8 Å². The topological polar surface area (TPSA) is 50.5 Å². The van der Waals surface area contributed by atoms with Gasteiger partial charge >= 0.3 is 0 Å². The lowest BCUT2D eigenvalue weighted by Crippen LogP contribution is -2.28. The minimum atomic E-state index is -3.71. The van der Waals surface area contributed by atoms with Gasteiger partial charge in [0.1, 0.15) is 16.4 Å². The van der Waals surface area contributed by atoms with Gasteiger partial charge in [0.2, 0.25) is 0 Å². The molecule has 0 fully saturated rings. The first-order valence-electron chi connectivity index (χ1n) is 6.50. The Bertz CT molecular complexity index is 765. The van der Waals surface area contributed by atoms with E-state index in [1.807, 2.05) is 25.1 Å². The number of aryl methyl sites for hydroxylation is 3. The highest BCUT2D eigenvalue weighted by Crippen LogP contribution is 2.32. The lowest BCUT2D eigenvalue weighted by Gasteiger charge is -2.21. The average molecular weight is 328 g/mol. The molecule has 0 saturated heterocycles. The molecule has 0 spiro atoms. The van der Waals surface area contributed by atoms with Crippen LogP contribution in [-0.4, -0.2) is 15.5 Å². The SMILES string of the molecule is Cc1ccccc1N(C)S(=O)(=O)c1c(C)oc(C)c1CCl. The largest absolute Gasteiger partial charge is 0.465 e. The molecule has 0 unspecified atom stereocenters. The van der Waals surface area contributed by atoms with Crippen LogP contribution in [0.5, 0.6) is 0 Å². The minimum Gasteiger partial charge on any atom is -0.465 e. The zero-order valence-corrected chi connectivity index (χ0v) is 14.0. The van der Waals surface area contributed by atoms with Crippen LogP contribution < -0.4 is 4.31 Å². The van der Waals surface area contributed by atoms with Crippen LogP contribution in [0.15, 0.2) is 33.6 Å². The molecular weight excluding hydrogens is 310 g/mol. The summed E-state index contributed by atoms with van der Waals surface area (Å²) in [4.78, 5) is 0.167. The smallest absolute Gasteiger partial charge is 0.267 e. The fourth-order valence-corrected chi connectivity index (χ4v) is 4.46. The molecule has 6 heteroatoms. The minimum absolute atomic E-state index is 0.0966. The summed E-state index contributed by atoms with van der Waals surface area (Å²) < 4.78 is 32.5. The maximum atomic E-state index is 12.9. The molecule has 114 valence electrons. The molecule has 0 N–H and O–H groups in total. The monoisotopic (exact) mass is 327 g/mol. The highest BCUT2D eigenvalue weighted by molar-refractivity contribution is 7.93. The lowest BCUT2D eigenvalue weighted by atomic mass is 10.2. The van der Waals surface area contributed by atoms with Gasteiger partial charge in [0.15, 0.2) is 0 Å². The molecule has 0 bridgehead atoms. The van der Waals surface area contributed by atoms with Crippen molar-refractivity contribution >= 4 is 27.3 Å². The summed E-state index contributed by atoms with van der Waals surface area (Å²) in [7, 11) is -2.17. The van der Waals surface area contributed by atoms with Crippen LogP contribution in [0.4, 0.5) is 5.69 Å². The molecule has 0 radical (unpaired) electrons. The Labute approximate surface area is 130 Å². The van der Waals surface area contributed by atoms with Crippen molar-refractivity contribution < 1.29 is 12.8 Å². The number of hydrogen-bond donors (Lipinski definition) is 0. The number of sulfonamides is 1. The standard InChI is InChI=1S/C15H18ClNO3S/c1-10-7-5-6-8-14(10)17(4)21(18,19)15-12(3)20-11(2)13(15)9-16/h5-8H,9H2,1-4H3. The molecule has 1 heterocycles. The second kappa shape index (κ2) is 5.73. The van der Waals surface area contributed by atoms with Crippen molar-refractivity contribution in [3.8, 4) is 0 Å². The molecule has 0 aliphatic rings. The third-order valence-electron chi connectivity index (χ3n) is 3.53. The maximum Gasteiger partial charge on any atom is 0.267 e. The number of alkyl halides is 1. The van der Waals surface area contributed by atoms with Crippen LogP contribution >= 0.6 is 11.6 Å². The predicted molar refractivity (Wildman–Crippen MR) is 84.5 cm³/mol. The number of anilines is 1. The number of furan rings is 1. The number of rotatable bonds is 4. The quantitative estimate of drug-likeness (QED) is 0.803. The van der Waals surface area contributed by atoms with E-state index < -0.39 is 10.0 Å². The number of para-hydroxylation sites is 1. The fraction of sp³-hybridized carbons (Fsp3) is 0.333. The summed E-state index contributed by atoms with van der Waals surface area (Å²) in [5, 5.41) is 0. The molecule has 1 aromatic heterocycles. The van der Waals surface area contributed by atoms with Gasteiger partial charge in [-0.05, 0) is 32.4 Å². The lowest BCUT2D eigenvalue weighted by molar-refractivity contribution is 0.495. The summed E-state index contributed by atoms with van der Waals surface area (Å²) in [5.74, 6) is 1.00. The van der Waals surface area contributed by atoms with E-state index in [2.05, 4.69) is 0 Å². The second-order valence-corrected chi connectivity index (χ2v) is 7.09. The van der Waals surface area contributed by atoms with E-state index in [0.29, 0.717) is 22.8 Å². The molecule has 4 nitrogen and oxygen atoms in total. The Morgan fingerprint density at radius 1 is 1.14 bits per heavy atom. The summed E-state index contributed by atoms with van der Waals surface area (Å²) in [5.41, 5.74) is 2.04. The van der Waals surface area contributed by atoms with E-state index in [0.717, 1.165) is 5.56 Å². The third-order valence-corrected chi connectivity index (χ3v) is 5.77. The first-order chi connectivity index (χ1) is 9.80. The fourth-order valence-electron chi connectivity index (χ4n) is 2.39. The summed E-state index contributed by atoms with van der Waals surface area (Å²) in [6.45, 7) is 5.23. The molecule has 2 rings (SSSR count). The van der Waals surface area contributed by atoms with Gasteiger partial charge in [0, 0.05) is 12.6 Å². The highest BCUT2D eigenvalue weighted by Gasteiger charge is 2.30. The molecular formula is C15H18ClNO3S. The first-order valence-corrected chi connectivity index (χ1v) is 8.47. The Morgan fingerprint density at radius 2 is 1.76 bits per heavy atom. The average Bonchev–Trinajstić information content (AvgIpc) is 2.73. The van der Waals surface area contributed by atoms with E-state index in [9.17, 15) is 8.42 Å². The molecule has 21 heavy (non-hydrogen) atoms. The first kappa shape index (κ1) is 15.9. The van der Waals surface area contributed by atoms with Crippen molar-refractivity contribution in [1.29, 1.82) is 0 Å². The number of benzene rings is 1. The summed E-state index contributed by atoms with van der Waals surface area (Å²) >= 11 is 5.90. The number of nitrogens with zero attached hydrogens (tertiary/aromatic N) is 1. The van der Waals surface area contributed by atoms with Gasteiger partial charge in [0.25, 0.3) is 10.0 Å². The van der Waals surface area contributed by atoms with Gasteiger partial charge in [0.05, 0.1) is 11.6 Å². The van der Waals surface area contributed by atoms with Crippen molar-refractivity contribution in [3.05, 3.63) is 46.9 Å². The molecule has 0 atom stereocenters. The number of halogens is 1. The Balaban J connectivity index is 2.61. The second-order valence-electron chi connectivity index (χ2n) is 4.91. The van der Waals surface area contributed by atoms with Gasteiger partial charge < -0.3 is 4.42 Å². The van der Waals surface area contributed by atoms with Crippen LogP contribution in [0.3, 0.4) is 0 Å². The van der Waals surface area contributed by atoms with Gasteiger partial charge in [-0.25, -0.2) is 8.42 Å². The van der Waals surface area contributed by atoms with Crippen molar-refractivity contribution in [1.82, 2.24) is 0 Å². The van der Waals surface area contributed by atoms with E-state index in [1.54, 1.807) is 19.9 Å². The Hall–Kier alpha value is -1.46. The van der Waals surface area contributed by atoms with Crippen LogP contribution in [0.1, 0.15) is 22.6 Å². The molecule has 1 aromatic carbocycles. The van der Waals surface area contributed by atoms with E-state index in [1.165, 1.54) is 11.4 Å². The zero-order valence-electron chi connectivity index (χ0n) is 12.5. The van der Waals surface area contributed by atoms with Crippen LogP contribution in [0.2, 0.25) is 0 Å². The number of hydrogen-bond acceptors (Lipinski definition) is 3. The van der Waals surface area contributed by atoms with Gasteiger partial charge in [-0.2, -0.15) is 0 Å². The normalized spacial score (nSPS) is 11.7. The van der Waals surface area contributed by atoms with E-state index >= 15 is 0 Å². The van der Waals surface area contributed by atoms with Gasteiger partial charge in [-0.15, -0.1) is 11.6 Å². The van der Waals surface area contributed by atoms with E-state index in [4.69, 9.17) is 16.0 Å². The Morgan fingerprint density at radius 3 is 2.33 bits per heavy atom. The summed E-state index contributed by atoms with van der Waals surface area (Å²) in [6, 6.07) is 7.33. The third kappa shape index (κ3) is 2.68. The van der Waals surface area contributed by atoms with Crippen LogP contribution in [0, 0.1) is 20.8 Å². The van der Waals surface area contributed by atoms with Gasteiger partial charge in [-0.3, -0.25) is 4.31 Å². The highest BCUT2D eigenvalue weighted by atomic mass is 35.5. The summed E-state index contributed by atoms with van der Waals surface area (Å²) in [6.07, 6.45) is 0. The maximum absolute atomic E-state index is 12.9. The van der Waals surface area contributed by atoms with Gasteiger partial charge in [-0.1, -0.05) is 18.2 Å². The molecule has 2 aromatic rings. The molecule has 0 aliphatic carbocycles. The molecule has 0 aliphatic heterocycles. The van der Waals surface area contributed by atoms with Crippen LogP contribution in [0.25, 0.3) is 0 Å². The van der Waals surface area contributed by atoms with Crippen molar-refractivity contribution in [2.24, 2.45) is 0 Å². The van der Waals surface area contributed by atoms with Crippen molar-refractivity contribution in [2.75, 3.05) is 11.4 Å². The van der Waals surface area contributed by atoms with Crippen molar-refractivity contribution in [3.63, 3.8) is 0 Å². The van der Waals surface area contributed by atoms with Crippen molar-refractivity contribution in [2.45, 2.75) is 31.5 Å². The Kier molecular flexibility index (Phi) is 4.35.